The molecule has 1 amide bonds. The highest BCUT2D eigenvalue weighted by Gasteiger charge is 2.39. The van der Waals surface area contributed by atoms with E-state index in [1.807, 2.05) is 67.6 Å². The number of carbonyl (C=O) groups is 5. The molecule has 2 aliphatic heterocycles. The lowest BCUT2D eigenvalue weighted by atomic mass is 9.82. The topological polar surface area (TPSA) is 143 Å². The molecule has 0 bridgehead atoms. The Bertz CT molecular complexity index is 4980. The molecule has 503 valence electrons. The van der Waals surface area contributed by atoms with Crippen molar-refractivity contribution < 1.29 is 73.6 Å². The number of esters is 3. The number of hydrogen-bond acceptors (Lipinski definition) is 10. The van der Waals surface area contributed by atoms with Crippen LogP contribution >= 0.6 is 0 Å². The Morgan fingerprint density at radius 3 is 1.70 bits per heavy atom. The standard InChI is InChI=1S/C80H62BF7N3O9/c1-8-62-66(77(95)97-10-3)44(5)73(89-62)72(74-45(6)67(78(96)98-11-4)63(9-2)91(74)81-88)70-58(47-20-14-12-15-21-47)40-55(41-59(70)48-22-16-13-17-23-48)99-65(93)38-46-26-36-54(37-27-46)90(7)76(94)61-42-60(50-30-34-53(35-31-50)80(85,86)87)75-71-68(61)51(43-92)39-57(49-28-32-52(33-29-49)79(82,83)84)69(71)56-24-18-19-25-64(56)100-75/h12-37,39-43H,8-11,38H2,1-7H3/b73-72-. The summed E-state index contributed by atoms with van der Waals surface area (Å²) in [5, 5.41) is 0.315. The first-order valence-corrected chi connectivity index (χ1v) is 32.2. The first-order valence-electron chi connectivity index (χ1n) is 32.2. The number of alkyl halides is 6. The lowest BCUT2D eigenvalue weighted by molar-refractivity contribution is -0.138. The summed E-state index contributed by atoms with van der Waals surface area (Å²) < 4.78 is 126. The second-order valence-corrected chi connectivity index (χ2v) is 23.8. The van der Waals surface area contributed by atoms with Gasteiger partial charge in [-0.25, -0.2) is 9.59 Å². The number of benzene rings is 9. The fraction of sp³-hybridized carbons (Fsp3) is 0.175. The van der Waals surface area contributed by atoms with Crippen LogP contribution in [0.5, 0.6) is 17.2 Å². The highest BCUT2D eigenvalue weighted by molar-refractivity contribution is 6.28. The molecule has 9 aromatic carbocycles. The Morgan fingerprint density at radius 2 is 1.16 bits per heavy atom. The van der Waals surface area contributed by atoms with Gasteiger partial charge in [-0.15, -0.1) is 0 Å². The number of nitrogens with zero attached hydrogens (tertiary/aromatic N) is 3. The van der Waals surface area contributed by atoms with E-state index >= 15 is 9.11 Å². The molecule has 0 saturated carbocycles. The molecule has 3 heterocycles. The number of ether oxygens (including phenoxy) is 4. The maximum absolute atomic E-state index is 16.1. The third kappa shape index (κ3) is 12.7. The predicted molar refractivity (Wildman–Crippen MR) is 371 cm³/mol. The first-order chi connectivity index (χ1) is 48.0. The number of aromatic nitrogens is 1. The number of amides is 1. The molecule has 0 aliphatic carbocycles. The van der Waals surface area contributed by atoms with Crippen molar-refractivity contribution in [1.29, 1.82) is 0 Å². The van der Waals surface area contributed by atoms with E-state index in [2.05, 4.69) is 0 Å². The third-order valence-corrected chi connectivity index (χ3v) is 17.9. The van der Waals surface area contributed by atoms with Crippen molar-refractivity contribution in [3.63, 3.8) is 0 Å². The van der Waals surface area contributed by atoms with Gasteiger partial charge in [-0.2, -0.15) is 26.3 Å². The van der Waals surface area contributed by atoms with E-state index in [9.17, 15) is 45.5 Å². The number of anilines is 1. The minimum atomic E-state index is -4.70. The normalized spacial score (nSPS) is 13.1. The van der Waals surface area contributed by atoms with Crippen LogP contribution in [0, 0.1) is 6.92 Å². The van der Waals surface area contributed by atoms with Crippen molar-refractivity contribution in [2.45, 2.75) is 73.2 Å². The molecule has 1 aromatic heterocycles. The number of carbonyl (C=O) groups excluding carboxylic acids is 5. The number of aliphatic imine (C=N–C) groups is 1. The third-order valence-electron chi connectivity index (χ3n) is 17.9. The van der Waals surface area contributed by atoms with Gasteiger partial charge in [-0.3, -0.25) is 19.4 Å². The summed E-state index contributed by atoms with van der Waals surface area (Å²) in [5.74, 6) is -2.15. The summed E-state index contributed by atoms with van der Waals surface area (Å²) >= 11 is 0. The maximum atomic E-state index is 16.1. The molecular weight excluding hydrogens is 1290 g/mol. The summed E-state index contributed by atoms with van der Waals surface area (Å²) in [6, 6.07) is 46.6. The van der Waals surface area contributed by atoms with Crippen molar-refractivity contribution in [3.8, 4) is 72.9 Å². The van der Waals surface area contributed by atoms with Crippen molar-refractivity contribution in [3.05, 3.63) is 255 Å². The number of rotatable bonds is 19. The molecule has 0 spiro atoms. The molecule has 1 radical (unpaired) electrons. The minimum absolute atomic E-state index is 0.0392. The molecule has 0 saturated heterocycles. The van der Waals surface area contributed by atoms with E-state index in [-0.39, 0.29) is 93.0 Å². The number of para-hydroxylation sites is 1. The molecule has 0 unspecified atom stereocenters. The van der Waals surface area contributed by atoms with Gasteiger partial charge in [0.15, 0.2) is 6.29 Å². The summed E-state index contributed by atoms with van der Waals surface area (Å²) in [6.45, 7) is 10.6. The molecule has 2 aliphatic rings. The van der Waals surface area contributed by atoms with Crippen LogP contribution in [0.2, 0.25) is 0 Å². The van der Waals surface area contributed by atoms with Crippen molar-refractivity contribution >= 4 is 65.5 Å². The molecule has 100 heavy (non-hydrogen) atoms. The van der Waals surface area contributed by atoms with Crippen LogP contribution in [0.1, 0.15) is 111 Å². The second kappa shape index (κ2) is 27.8. The largest absolute Gasteiger partial charge is 0.495 e. The van der Waals surface area contributed by atoms with Crippen LogP contribution in [0.4, 0.5) is 36.3 Å². The lowest BCUT2D eigenvalue weighted by Gasteiger charge is -2.29. The molecule has 20 heteroatoms. The zero-order valence-electron chi connectivity index (χ0n) is 55.2. The van der Waals surface area contributed by atoms with E-state index in [1.165, 1.54) is 52.8 Å². The summed E-state index contributed by atoms with van der Waals surface area (Å²) in [7, 11) is 1.87. The second-order valence-electron chi connectivity index (χ2n) is 23.8. The fourth-order valence-electron chi connectivity index (χ4n) is 13.3. The highest BCUT2D eigenvalue weighted by atomic mass is 19.4. The molecule has 12 rings (SSSR count). The van der Waals surface area contributed by atoms with Crippen LogP contribution < -0.4 is 14.4 Å². The Morgan fingerprint density at radius 1 is 0.610 bits per heavy atom. The average molecular weight is 1350 g/mol. The number of allylic oxidation sites excluding steroid dienone is 1. The minimum Gasteiger partial charge on any atom is -0.462 e. The van der Waals surface area contributed by atoms with Crippen LogP contribution in [0.25, 0.3) is 72.0 Å². The Kier molecular flexibility index (Phi) is 19.1. The van der Waals surface area contributed by atoms with Gasteiger partial charge < -0.3 is 32.6 Å². The van der Waals surface area contributed by atoms with E-state index < -0.39 is 47.3 Å². The summed E-state index contributed by atoms with van der Waals surface area (Å²) in [4.78, 5) is 77.9. The molecular formula is C80H62BF7N3O9. The van der Waals surface area contributed by atoms with E-state index in [4.69, 9.17) is 23.9 Å². The van der Waals surface area contributed by atoms with Gasteiger partial charge in [0.05, 0.1) is 53.3 Å². The van der Waals surface area contributed by atoms with Crippen LogP contribution in [0.3, 0.4) is 0 Å². The van der Waals surface area contributed by atoms with Gasteiger partial charge in [-0.05, 0) is 163 Å². The molecule has 0 fully saturated rings. The predicted octanol–water partition coefficient (Wildman–Crippen LogP) is 19.3. The number of fused-ring (bicyclic) bond motifs is 2. The van der Waals surface area contributed by atoms with Gasteiger partial charge in [0.1, 0.15) is 17.2 Å². The molecule has 0 N–H and O–H groups in total. The first kappa shape index (κ1) is 68.5. The van der Waals surface area contributed by atoms with E-state index in [0.29, 0.717) is 116 Å². The number of hydrogen-bond donors (Lipinski definition) is 0. The van der Waals surface area contributed by atoms with Gasteiger partial charge in [0, 0.05) is 73.8 Å². The molecule has 0 atom stereocenters. The highest BCUT2D eigenvalue weighted by Crippen LogP contribution is 2.56. The molecule has 12 nitrogen and oxygen atoms in total. The van der Waals surface area contributed by atoms with Crippen molar-refractivity contribution in [1.82, 2.24) is 4.48 Å². The SMILES string of the molecule is CCOC(=O)C1=C(C)/C(=C(\c2c(-c3ccccc3)cc(OC(=O)Cc3ccc(N(C)C(=O)c4cc(-c5ccc(C(F)(F)F)cc5)c5c6c(c(-c7ccc(C(F)(F)F)cc7)cc(C=O)c46)-c4ccccc4O5)cc3)cc2-c2ccccc2)c2c(C)c(C(=O)OCC)c(CC)n2[B]F)N=C1CC. The maximum Gasteiger partial charge on any atom is 0.495 e. The quantitative estimate of drug-likeness (QED) is 0.0254. The summed E-state index contributed by atoms with van der Waals surface area (Å²) in [5.41, 5.74) is 6.25. The van der Waals surface area contributed by atoms with Crippen LogP contribution in [-0.4, -0.2) is 68.2 Å². The Labute approximate surface area is 571 Å². The zero-order valence-corrected chi connectivity index (χ0v) is 55.2. The number of aldehydes is 1. The van der Waals surface area contributed by atoms with Crippen LogP contribution in [0.15, 0.2) is 204 Å². The smallest absolute Gasteiger partial charge is 0.462 e. The van der Waals surface area contributed by atoms with E-state index in [1.54, 1.807) is 95.3 Å². The van der Waals surface area contributed by atoms with Gasteiger partial charge in [0.2, 0.25) is 0 Å². The lowest BCUT2D eigenvalue weighted by Crippen LogP contribution is -2.27. The van der Waals surface area contributed by atoms with Crippen molar-refractivity contribution in [2.24, 2.45) is 4.99 Å². The van der Waals surface area contributed by atoms with Gasteiger partial charge in [0.25, 0.3) is 5.91 Å². The van der Waals surface area contributed by atoms with Gasteiger partial charge >= 0.3 is 38.0 Å². The van der Waals surface area contributed by atoms with E-state index in [0.717, 1.165) is 24.3 Å². The fourth-order valence-corrected chi connectivity index (χ4v) is 13.3. The molecule has 10 aromatic rings. The van der Waals surface area contributed by atoms with Crippen molar-refractivity contribution in [2.75, 3.05) is 25.2 Å². The summed E-state index contributed by atoms with van der Waals surface area (Å²) in [6.07, 6.45) is -8.62. The average Bonchev–Trinajstić information content (AvgIpc) is 0.724. The zero-order chi connectivity index (χ0) is 71.1. The Balaban J connectivity index is 0.955. The number of halogens is 7. The Hall–Kier alpha value is -11.4. The monoisotopic (exact) mass is 1350 g/mol. The van der Waals surface area contributed by atoms with Gasteiger partial charge in [-0.1, -0.05) is 129 Å². The van der Waals surface area contributed by atoms with Crippen LogP contribution in [-0.2, 0) is 44.3 Å².